The van der Waals surface area contributed by atoms with Gasteiger partial charge >= 0.3 is 17.9 Å². The van der Waals surface area contributed by atoms with Gasteiger partial charge in [-0.1, -0.05) is 32.4 Å². The molecule has 0 N–H and O–H groups in total. The summed E-state index contributed by atoms with van der Waals surface area (Å²) in [7, 11) is 0. The van der Waals surface area contributed by atoms with Crippen molar-refractivity contribution in [1.82, 2.24) is 0 Å². The maximum absolute atomic E-state index is 11.8. The molecule has 4 fully saturated rings. The fourth-order valence-corrected chi connectivity index (χ4v) is 5.72. The second-order valence-electron chi connectivity index (χ2n) is 10.5. The molecule has 0 aromatic heterocycles. The van der Waals surface area contributed by atoms with Crippen LogP contribution in [0.4, 0.5) is 0 Å². The van der Waals surface area contributed by atoms with Crippen LogP contribution < -0.4 is 0 Å². The van der Waals surface area contributed by atoms with Crippen molar-refractivity contribution in [3.63, 3.8) is 0 Å². The van der Waals surface area contributed by atoms with Gasteiger partial charge in [0.2, 0.25) is 0 Å². The topological polar surface area (TPSA) is 103 Å². The van der Waals surface area contributed by atoms with Crippen molar-refractivity contribution in [3.8, 4) is 6.07 Å². The highest BCUT2D eigenvalue weighted by molar-refractivity contribution is 5.88. The zero-order valence-corrected chi connectivity index (χ0v) is 20.1. The SMILES string of the molecule is C=C(C)C(=O)OC(C)(C)C1CCCCC1.C=C(C)C(=O)OC1C2CC3C1OC(=O)C3(C#N)C2. The molecule has 0 spiro atoms. The Morgan fingerprint density at radius 3 is 2.27 bits per heavy atom. The second-order valence-corrected chi connectivity index (χ2v) is 10.5. The van der Waals surface area contributed by atoms with Gasteiger partial charge in [0.25, 0.3) is 0 Å². The Hall–Kier alpha value is -2.62. The Kier molecular flexibility index (Phi) is 7.07. The molecule has 3 aliphatic carbocycles. The van der Waals surface area contributed by atoms with Crippen molar-refractivity contribution >= 4 is 17.9 Å². The summed E-state index contributed by atoms with van der Waals surface area (Å²) in [5.41, 5.74) is -0.509. The summed E-state index contributed by atoms with van der Waals surface area (Å²) in [5.74, 6) is -0.730. The summed E-state index contributed by atoms with van der Waals surface area (Å²) in [6.07, 6.45) is 6.51. The Morgan fingerprint density at radius 1 is 1.12 bits per heavy atom. The van der Waals surface area contributed by atoms with E-state index >= 15 is 0 Å². The molecule has 7 heteroatoms. The molecule has 7 nitrogen and oxygen atoms in total. The Morgan fingerprint density at radius 2 is 1.73 bits per heavy atom. The average molecular weight is 458 g/mol. The lowest BCUT2D eigenvalue weighted by Gasteiger charge is -2.36. The lowest BCUT2D eigenvalue weighted by Crippen LogP contribution is -2.39. The first-order chi connectivity index (χ1) is 15.4. The fourth-order valence-electron chi connectivity index (χ4n) is 5.72. The van der Waals surface area contributed by atoms with Crippen LogP contribution in [-0.4, -0.2) is 35.7 Å². The standard InChI is InChI=1S/C13H13NO4.C13H22O2/c1-6(2)11(15)17-9-7-3-8-10(9)18-12(16)13(8,4-7)5-14;1-10(2)12(14)15-13(3,4)11-8-6-5-7-9-11/h7-10H,1,3-4H2,2H3;11H,1,5-9H2,2-4H3. The van der Waals surface area contributed by atoms with Gasteiger partial charge in [0.1, 0.15) is 17.8 Å². The smallest absolute Gasteiger partial charge is 0.333 e. The first-order valence-corrected chi connectivity index (χ1v) is 11.8. The highest BCUT2D eigenvalue weighted by Crippen LogP contribution is 2.62. The number of nitrogens with zero attached hydrogens (tertiary/aromatic N) is 1. The second kappa shape index (κ2) is 9.32. The predicted molar refractivity (Wildman–Crippen MR) is 120 cm³/mol. The molecule has 1 heterocycles. The third kappa shape index (κ3) is 4.71. The number of ether oxygens (including phenoxy) is 3. The normalized spacial score (nSPS) is 32.2. The van der Waals surface area contributed by atoms with Crippen LogP contribution in [0.2, 0.25) is 0 Å². The van der Waals surface area contributed by atoms with Crippen LogP contribution in [0.5, 0.6) is 0 Å². The molecule has 1 aliphatic heterocycles. The van der Waals surface area contributed by atoms with Gasteiger partial charge in [-0.3, -0.25) is 4.79 Å². The van der Waals surface area contributed by atoms with Crippen LogP contribution >= 0.6 is 0 Å². The Labute approximate surface area is 196 Å². The lowest BCUT2D eigenvalue weighted by molar-refractivity contribution is -0.158. The van der Waals surface area contributed by atoms with Gasteiger partial charge in [0, 0.05) is 23.0 Å². The van der Waals surface area contributed by atoms with Crippen molar-refractivity contribution in [2.45, 2.75) is 90.4 Å². The maximum atomic E-state index is 11.8. The number of carbonyl (C=O) groups excluding carboxylic acids is 3. The molecule has 1 saturated heterocycles. The third-order valence-electron chi connectivity index (χ3n) is 7.65. The van der Waals surface area contributed by atoms with E-state index in [2.05, 4.69) is 19.2 Å². The molecule has 180 valence electrons. The highest BCUT2D eigenvalue weighted by atomic mass is 16.6. The molecule has 0 aromatic carbocycles. The van der Waals surface area contributed by atoms with Crippen molar-refractivity contribution in [1.29, 1.82) is 5.26 Å². The molecule has 0 radical (unpaired) electrons. The molecule has 33 heavy (non-hydrogen) atoms. The molecule has 5 unspecified atom stereocenters. The molecule has 0 aromatic rings. The largest absolute Gasteiger partial charge is 0.457 e. The van der Waals surface area contributed by atoms with Gasteiger partial charge in [-0.05, 0) is 59.3 Å². The van der Waals surface area contributed by atoms with Crippen molar-refractivity contribution in [3.05, 3.63) is 24.3 Å². The maximum Gasteiger partial charge on any atom is 0.333 e. The number of hydrogen-bond acceptors (Lipinski definition) is 7. The van der Waals surface area contributed by atoms with E-state index < -0.39 is 29.6 Å². The van der Waals surface area contributed by atoms with E-state index in [-0.39, 0.29) is 23.4 Å². The van der Waals surface area contributed by atoms with E-state index in [1.165, 1.54) is 32.1 Å². The van der Waals surface area contributed by atoms with Crippen LogP contribution in [-0.2, 0) is 28.6 Å². The van der Waals surface area contributed by atoms with Gasteiger partial charge < -0.3 is 14.2 Å². The van der Waals surface area contributed by atoms with E-state index in [0.29, 0.717) is 23.5 Å². The number of carbonyl (C=O) groups is 3. The number of nitriles is 1. The molecule has 3 saturated carbocycles. The van der Waals surface area contributed by atoms with Gasteiger partial charge in [-0.15, -0.1) is 0 Å². The third-order valence-corrected chi connectivity index (χ3v) is 7.65. The van der Waals surface area contributed by atoms with Crippen LogP contribution in [0.15, 0.2) is 24.3 Å². The number of fused-ring (bicyclic) bond motifs is 1. The summed E-state index contributed by atoms with van der Waals surface area (Å²) >= 11 is 0. The van der Waals surface area contributed by atoms with Gasteiger partial charge in [0.15, 0.2) is 5.41 Å². The van der Waals surface area contributed by atoms with E-state index in [0.717, 1.165) is 6.42 Å². The first-order valence-electron chi connectivity index (χ1n) is 11.8. The molecule has 2 bridgehead atoms. The Bertz CT molecular complexity index is 893. The Balaban J connectivity index is 0.000000190. The van der Waals surface area contributed by atoms with Crippen molar-refractivity contribution < 1.29 is 28.6 Å². The summed E-state index contributed by atoms with van der Waals surface area (Å²) in [6.45, 7) is 14.4. The molecule has 0 amide bonds. The minimum Gasteiger partial charge on any atom is -0.457 e. The summed E-state index contributed by atoms with van der Waals surface area (Å²) in [5, 5.41) is 9.22. The van der Waals surface area contributed by atoms with Gasteiger partial charge in [-0.2, -0.15) is 5.26 Å². The van der Waals surface area contributed by atoms with E-state index in [1.807, 2.05) is 13.8 Å². The highest BCUT2D eigenvalue weighted by Gasteiger charge is 2.72. The summed E-state index contributed by atoms with van der Waals surface area (Å²) < 4.78 is 16.1. The quantitative estimate of drug-likeness (QED) is 0.342. The zero-order valence-electron chi connectivity index (χ0n) is 20.1. The summed E-state index contributed by atoms with van der Waals surface area (Å²) in [6, 6.07) is 2.11. The number of rotatable bonds is 5. The lowest BCUT2D eigenvalue weighted by atomic mass is 9.74. The van der Waals surface area contributed by atoms with Crippen LogP contribution in [0.25, 0.3) is 0 Å². The van der Waals surface area contributed by atoms with Gasteiger partial charge in [0.05, 0.1) is 6.07 Å². The molecular formula is C26H35NO6. The monoisotopic (exact) mass is 457 g/mol. The molecule has 4 aliphatic rings. The fraction of sp³-hybridized carbons (Fsp3) is 0.692. The van der Waals surface area contributed by atoms with Crippen LogP contribution in [0.3, 0.4) is 0 Å². The first kappa shape index (κ1) is 25.0. The van der Waals surface area contributed by atoms with Crippen LogP contribution in [0.1, 0.15) is 72.6 Å². The van der Waals surface area contributed by atoms with Crippen LogP contribution in [0, 0.1) is 34.5 Å². The van der Waals surface area contributed by atoms with Crippen molar-refractivity contribution in [2.75, 3.05) is 0 Å². The number of esters is 3. The van der Waals surface area contributed by atoms with Crippen molar-refractivity contribution in [2.24, 2.45) is 23.2 Å². The zero-order chi connectivity index (χ0) is 24.6. The predicted octanol–water partition coefficient (Wildman–Crippen LogP) is 4.41. The van der Waals surface area contributed by atoms with E-state index in [9.17, 15) is 19.6 Å². The summed E-state index contributed by atoms with van der Waals surface area (Å²) in [4.78, 5) is 34.8. The average Bonchev–Trinajstić information content (AvgIpc) is 3.36. The van der Waals surface area contributed by atoms with Gasteiger partial charge in [-0.25, -0.2) is 9.59 Å². The molecular weight excluding hydrogens is 422 g/mol. The molecule has 4 rings (SSSR count). The minimum atomic E-state index is -0.985. The number of hydrogen-bond donors (Lipinski definition) is 0. The minimum absolute atomic E-state index is 0.0504. The molecule has 5 atom stereocenters. The van der Waals surface area contributed by atoms with E-state index in [1.54, 1.807) is 13.8 Å². The van der Waals surface area contributed by atoms with E-state index in [4.69, 9.17) is 14.2 Å².